The van der Waals surface area contributed by atoms with E-state index in [0.29, 0.717) is 13.2 Å². The average molecular weight is 292 g/mol. The second-order valence-electron chi connectivity index (χ2n) is 5.55. The second kappa shape index (κ2) is 6.64. The first kappa shape index (κ1) is 14.6. The van der Waals surface area contributed by atoms with Crippen LogP contribution >= 0.6 is 0 Å². The van der Waals surface area contributed by atoms with E-state index in [1.165, 1.54) is 5.56 Å². The summed E-state index contributed by atoms with van der Waals surface area (Å²) in [6.45, 7) is 7.28. The molecule has 1 aromatic carbocycles. The highest BCUT2D eigenvalue weighted by Crippen LogP contribution is 2.35. The van der Waals surface area contributed by atoms with Crippen molar-refractivity contribution < 1.29 is 14.2 Å². The van der Waals surface area contributed by atoms with Crippen molar-refractivity contribution in [2.75, 3.05) is 46.5 Å². The molecule has 0 saturated carbocycles. The minimum atomic E-state index is 0.151. The van der Waals surface area contributed by atoms with Gasteiger partial charge in [0.15, 0.2) is 0 Å². The fourth-order valence-electron chi connectivity index (χ4n) is 2.88. The molecule has 0 spiro atoms. The zero-order valence-corrected chi connectivity index (χ0v) is 12.8. The molecule has 0 amide bonds. The number of fused-ring (bicyclic) bond motifs is 1. The Kier molecular flexibility index (Phi) is 4.63. The highest BCUT2D eigenvalue weighted by Gasteiger charge is 2.24. The largest absolute Gasteiger partial charge is 0.491 e. The Balaban J connectivity index is 1.56. The zero-order chi connectivity index (χ0) is 14.7. The molecule has 2 aliphatic rings. The van der Waals surface area contributed by atoms with E-state index in [1.807, 2.05) is 19.2 Å². The summed E-state index contributed by atoms with van der Waals surface area (Å²) in [5, 5.41) is 3.24. The van der Waals surface area contributed by atoms with E-state index < -0.39 is 0 Å². The Bertz CT molecular complexity index is 481. The van der Waals surface area contributed by atoms with E-state index in [4.69, 9.17) is 14.2 Å². The number of morpholine rings is 1. The maximum Gasteiger partial charge on any atom is 0.127 e. The summed E-state index contributed by atoms with van der Waals surface area (Å²) in [5.41, 5.74) is 1.20. The third-order valence-corrected chi connectivity index (χ3v) is 4.22. The van der Waals surface area contributed by atoms with Crippen LogP contribution in [0.3, 0.4) is 0 Å². The highest BCUT2D eigenvalue weighted by atomic mass is 16.5. The molecular weight excluding hydrogens is 268 g/mol. The van der Waals surface area contributed by atoms with Crippen LogP contribution < -0.4 is 14.8 Å². The van der Waals surface area contributed by atoms with Crippen LogP contribution in [-0.2, 0) is 4.74 Å². The molecule has 2 heterocycles. The first-order valence-electron chi connectivity index (χ1n) is 7.71. The predicted molar refractivity (Wildman–Crippen MR) is 81.1 cm³/mol. The monoisotopic (exact) mass is 292 g/mol. The van der Waals surface area contributed by atoms with E-state index in [9.17, 15) is 0 Å². The Morgan fingerprint density at radius 1 is 1.43 bits per heavy atom. The van der Waals surface area contributed by atoms with Crippen LogP contribution in [0.2, 0.25) is 0 Å². The summed E-state index contributed by atoms with van der Waals surface area (Å²) in [6, 6.07) is 6.36. The third-order valence-electron chi connectivity index (χ3n) is 4.22. The van der Waals surface area contributed by atoms with Crippen molar-refractivity contribution >= 4 is 0 Å². The number of hydrogen-bond acceptors (Lipinski definition) is 5. The molecule has 2 atom stereocenters. The van der Waals surface area contributed by atoms with Crippen LogP contribution in [0.25, 0.3) is 0 Å². The maximum atomic E-state index is 5.88. The van der Waals surface area contributed by atoms with Gasteiger partial charge in [-0.25, -0.2) is 0 Å². The lowest BCUT2D eigenvalue weighted by atomic mass is 10.1. The first-order chi connectivity index (χ1) is 10.3. The van der Waals surface area contributed by atoms with Crippen LogP contribution in [0.15, 0.2) is 18.2 Å². The standard InChI is InChI=1S/C16H24N2O3/c1-3-18-6-7-19-13(9-18)10-20-12-4-5-14-15(17-2)11-21-16(14)8-12/h4-5,8,13,15,17H,3,6-7,9-11H2,1-2H3. The lowest BCUT2D eigenvalue weighted by Crippen LogP contribution is -2.44. The summed E-state index contributed by atoms with van der Waals surface area (Å²) in [7, 11) is 1.95. The zero-order valence-electron chi connectivity index (χ0n) is 12.8. The molecule has 1 N–H and O–H groups in total. The van der Waals surface area contributed by atoms with E-state index in [0.717, 1.165) is 37.7 Å². The molecule has 0 bridgehead atoms. The van der Waals surface area contributed by atoms with Gasteiger partial charge in [-0.1, -0.05) is 6.92 Å². The van der Waals surface area contributed by atoms with Gasteiger partial charge in [0.05, 0.1) is 12.6 Å². The summed E-state index contributed by atoms with van der Waals surface area (Å²) >= 11 is 0. The van der Waals surface area contributed by atoms with Crippen molar-refractivity contribution in [3.8, 4) is 11.5 Å². The van der Waals surface area contributed by atoms with Crippen molar-refractivity contribution in [3.63, 3.8) is 0 Å². The van der Waals surface area contributed by atoms with Crippen LogP contribution in [0.1, 0.15) is 18.5 Å². The van der Waals surface area contributed by atoms with Gasteiger partial charge in [0.2, 0.25) is 0 Å². The van der Waals surface area contributed by atoms with E-state index in [1.54, 1.807) is 0 Å². The molecule has 0 radical (unpaired) electrons. The Morgan fingerprint density at radius 2 is 2.33 bits per heavy atom. The molecule has 1 aromatic rings. The predicted octanol–water partition coefficient (Wildman–Crippen LogP) is 1.44. The number of benzene rings is 1. The molecule has 0 aromatic heterocycles. The van der Waals surface area contributed by atoms with Crippen LogP contribution in [0, 0.1) is 0 Å². The van der Waals surface area contributed by atoms with Crippen molar-refractivity contribution in [1.29, 1.82) is 0 Å². The summed E-state index contributed by atoms with van der Waals surface area (Å²) in [5.74, 6) is 1.77. The Morgan fingerprint density at radius 3 is 3.14 bits per heavy atom. The molecule has 2 aliphatic heterocycles. The molecule has 2 unspecified atom stereocenters. The van der Waals surface area contributed by atoms with E-state index in [-0.39, 0.29) is 12.1 Å². The smallest absolute Gasteiger partial charge is 0.127 e. The fourth-order valence-corrected chi connectivity index (χ4v) is 2.88. The molecular formula is C16H24N2O3. The number of hydrogen-bond donors (Lipinski definition) is 1. The number of nitrogens with zero attached hydrogens (tertiary/aromatic N) is 1. The van der Waals surface area contributed by atoms with Crippen molar-refractivity contribution in [1.82, 2.24) is 10.2 Å². The van der Waals surface area contributed by atoms with Crippen molar-refractivity contribution in [3.05, 3.63) is 23.8 Å². The Hall–Kier alpha value is -1.30. The quantitative estimate of drug-likeness (QED) is 0.889. The van der Waals surface area contributed by atoms with Gasteiger partial charge in [0.25, 0.3) is 0 Å². The molecule has 1 saturated heterocycles. The van der Waals surface area contributed by atoms with E-state index >= 15 is 0 Å². The molecule has 5 heteroatoms. The van der Waals surface area contributed by atoms with Gasteiger partial charge in [-0.2, -0.15) is 0 Å². The second-order valence-corrected chi connectivity index (χ2v) is 5.55. The van der Waals surface area contributed by atoms with Crippen LogP contribution in [0.5, 0.6) is 11.5 Å². The number of likely N-dealkylation sites (N-methyl/N-ethyl adjacent to an activating group) is 2. The van der Waals surface area contributed by atoms with Crippen LogP contribution in [-0.4, -0.2) is 57.5 Å². The molecule has 21 heavy (non-hydrogen) atoms. The number of nitrogens with one attached hydrogen (secondary N) is 1. The van der Waals surface area contributed by atoms with Crippen molar-refractivity contribution in [2.24, 2.45) is 0 Å². The van der Waals surface area contributed by atoms with Gasteiger partial charge >= 0.3 is 0 Å². The lowest BCUT2D eigenvalue weighted by molar-refractivity contribution is -0.0464. The highest BCUT2D eigenvalue weighted by molar-refractivity contribution is 5.44. The fraction of sp³-hybridized carbons (Fsp3) is 0.625. The SMILES string of the molecule is CCN1CCOC(COc2ccc3c(c2)OCC3NC)C1. The lowest BCUT2D eigenvalue weighted by Gasteiger charge is -2.31. The molecule has 3 rings (SSSR count). The Labute approximate surface area is 126 Å². The number of ether oxygens (including phenoxy) is 3. The molecule has 1 fully saturated rings. The van der Waals surface area contributed by atoms with Gasteiger partial charge in [-0.05, 0) is 25.7 Å². The summed E-state index contributed by atoms with van der Waals surface area (Å²) < 4.78 is 17.3. The number of rotatable bonds is 5. The molecule has 0 aliphatic carbocycles. The van der Waals surface area contributed by atoms with Crippen LogP contribution in [0.4, 0.5) is 0 Å². The minimum Gasteiger partial charge on any atom is -0.491 e. The van der Waals surface area contributed by atoms with Crippen molar-refractivity contribution in [2.45, 2.75) is 19.1 Å². The van der Waals surface area contributed by atoms with Gasteiger partial charge in [0, 0.05) is 24.7 Å². The van der Waals surface area contributed by atoms with E-state index in [2.05, 4.69) is 23.2 Å². The normalized spacial score (nSPS) is 25.4. The summed E-state index contributed by atoms with van der Waals surface area (Å²) in [6.07, 6.45) is 0.151. The first-order valence-corrected chi connectivity index (χ1v) is 7.71. The molecule has 5 nitrogen and oxygen atoms in total. The van der Waals surface area contributed by atoms with Gasteiger partial charge in [-0.3, -0.25) is 4.90 Å². The average Bonchev–Trinajstić information content (AvgIpc) is 2.95. The van der Waals surface area contributed by atoms with Gasteiger partial charge < -0.3 is 19.5 Å². The minimum absolute atomic E-state index is 0.151. The topological polar surface area (TPSA) is 43.0 Å². The maximum absolute atomic E-state index is 5.88. The molecule has 116 valence electrons. The summed E-state index contributed by atoms with van der Waals surface area (Å²) in [4.78, 5) is 2.39. The van der Waals surface area contributed by atoms with Gasteiger partial charge in [-0.15, -0.1) is 0 Å². The van der Waals surface area contributed by atoms with Gasteiger partial charge in [0.1, 0.15) is 30.8 Å². The third kappa shape index (κ3) is 3.31.